The zero-order valence-electron chi connectivity index (χ0n) is 24.9. The zero-order valence-corrected chi connectivity index (χ0v) is 24.9. The summed E-state index contributed by atoms with van der Waals surface area (Å²) in [6, 6.07) is 23.9. The molecule has 1 heterocycles. The SMILES string of the molecule is Cc1cccc(C)c1OCC(=O)NC(Cc1ccccc1)C(O)CC(Cc1ccccc1)NC(=O)CN1CCCNC1=O. The van der Waals surface area contributed by atoms with E-state index >= 15 is 0 Å². The molecule has 3 atom stereocenters. The van der Waals surface area contributed by atoms with Gasteiger partial charge in [0, 0.05) is 19.1 Å². The van der Waals surface area contributed by atoms with Gasteiger partial charge in [-0.05, 0) is 61.8 Å². The third-order valence-electron chi connectivity index (χ3n) is 7.58. The Bertz CT molecular complexity index is 1330. The van der Waals surface area contributed by atoms with Crippen LogP contribution in [0.15, 0.2) is 78.9 Å². The molecule has 4 N–H and O–H groups in total. The average Bonchev–Trinajstić information content (AvgIpc) is 2.99. The van der Waals surface area contributed by atoms with Crippen molar-refractivity contribution in [1.29, 1.82) is 0 Å². The van der Waals surface area contributed by atoms with Crippen molar-refractivity contribution in [2.75, 3.05) is 26.2 Å². The molecule has 43 heavy (non-hydrogen) atoms. The Balaban J connectivity index is 1.46. The summed E-state index contributed by atoms with van der Waals surface area (Å²) in [4.78, 5) is 39.8. The lowest BCUT2D eigenvalue weighted by Crippen LogP contribution is -2.53. The highest BCUT2D eigenvalue weighted by Crippen LogP contribution is 2.22. The highest BCUT2D eigenvalue weighted by molar-refractivity contribution is 5.84. The Kier molecular flexibility index (Phi) is 11.6. The van der Waals surface area contributed by atoms with E-state index in [4.69, 9.17) is 4.74 Å². The quantitative estimate of drug-likeness (QED) is 0.231. The van der Waals surface area contributed by atoms with E-state index in [9.17, 15) is 19.5 Å². The molecule has 0 spiro atoms. The largest absolute Gasteiger partial charge is 0.483 e. The number of hydrogen-bond acceptors (Lipinski definition) is 5. The van der Waals surface area contributed by atoms with Crippen LogP contribution in [0.3, 0.4) is 0 Å². The summed E-state index contributed by atoms with van der Waals surface area (Å²) in [5.74, 6) is 0.0315. The van der Waals surface area contributed by atoms with Crippen molar-refractivity contribution < 1.29 is 24.2 Å². The van der Waals surface area contributed by atoms with E-state index < -0.39 is 18.2 Å². The maximum Gasteiger partial charge on any atom is 0.317 e. The van der Waals surface area contributed by atoms with E-state index in [2.05, 4.69) is 16.0 Å². The Morgan fingerprint density at radius 3 is 2.14 bits per heavy atom. The van der Waals surface area contributed by atoms with Gasteiger partial charge in [-0.2, -0.15) is 0 Å². The number of carbonyl (C=O) groups is 3. The fourth-order valence-electron chi connectivity index (χ4n) is 5.39. The molecule has 228 valence electrons. The lowest BCUT2D eigenvalue weighted by Gasteiger charge is -2.30. The van der Waals surface area contributed by atoms with Crippen molar-refractivity contribution in [3.63, 3.8) is 0 Å². The first-order valence-electron chi connectivity index (χ1n) is 14.8. The molecule has 1 aliphatic rings. The number of aliphatic hydroxyl groups excluding tert-OH is 1. The Morgan fingerprint density at radius 2 is 1.51 bits per heavy atom. The molecule has 0 saturated carbocycles. The minimum Gasteiger partial charge on any atom is -0.483 e. The molecule has 3 aromatic rings. The van der Waals surface area contributed by atoms with Gasteiger partial charge in [0.05, 0.1) is 12.1 Å². The van der Waals surface area contributed by atoms with E-state index in [1.807, 2.05) is 92.7 Å². The first-order valence-corrected chi connectivity index (χ1v) is 14.8. The predicted octanol–water partition coefficient (Wildman–Crippen LogP) is 3.30. The van der Waals surface area contributed by atoms with Crippen LogP contribution in [0.25, 0.3) is 0 Å². The van der Waals surface area contributed by atoms with Crippen LogP contribution >= 0.6 is 0 Å². The van der Waals surface area contributed by atoms with E-state index in [-0.39, 0.29) is 37.4 Å². The molecule has 3 unspecified atom stereocenters. The molecule has 4 amide bonds. The van der Waals surface area contributed by atoms with Gasteiger partial charge in [-0.25, -0.2) is 4.79 Å². The fourth-order valence-corrected chi connectivity index (χ4v) is 5.39. The van der Waals surface area contributed by atoms with Crippen LogP contribution in [0.4, 0.5) is 4.79 Å². The average molecular weight is 587 g/mol. The second kappa shape index (κ2) is 15.7. The van der Waals surface area contributed by atoms with Gasteiger partial charge in [0.1, 0.15) is 12.3 Å². The molecule has 4 rings (SSSR count). The molecule has 3 aromatic carbocycles. The second-order valence-electron chi connectivity index (χ2n) is 11.1. The Hall–Kier alpha value is -4.37. The number of benzene rings is 3. The second-order valence-corrected chi connectivity index (χ2v) is 11.1. The molecule has 9 nitrogen and oxygen atoms in total. The number of aryl methyl sites for hydroxylation is 2. The third kappa shape index (κ3) is 9.85. The minimum absolute atomic E-state index is 0.0624. The number of hydrogen-bond donors (Lipinski definition) is 4. The van der Waals surface area contributed by atoms with Crippen molar-refractivity contribution in [1.82, 2.24) is 20.9 Å². The van der Waals surface area contributed by atoms with Crippen LogP contribution in [0.2, 0.25) is 0 Å². The van der Waals surface area contributed by atoms with Crippen LogP contribution < -0.4 is 20.7 Å². The van der Waals surface area contributed by atoms with Crippen molar-refractivity contribution in [3.05, 3.63) is 101 Å². The number of aliphatic hydroxyl groups is 1. The van der Waals surface area contributed by atoms with Gasteiger partial charge in [0.25, 0.3) is 5.91 Å². The molecule has 1 aliphatic heterocycles. The number of amides is 4. The topological polar surface area (TPSA) is 120 Å². The van der Waals surface area contributed by atoms with Crippen molar-refractivity contribution in [2.24, 2.45) is 0 Å². The molecule has 1 fully saturated rings. The maximum absolute atomic E-state index is 13.1. The normalized spacial score (nSPS) is 15.1. The molecular formula is C34H42N4O5. The summed E-state index contributed by atoms with van der Waals surface area (Å²) in [6.45, 7) is 4.73. The fraction of sp³-hybridized carbons (Fsp3) is 0.382. The number of rotatable bonds is 14. The first-order chi connectivity index (χ1) is 20.8. The van der Waals surface area contributed by atoms with Crippen molar-refractivity contribution in [3.8, 4) is 5.75 Å². The molecule has 1 saturated heterocycles. The highest BCUT2D eigenvalue weighted by atomic mass is 16.5. The molecular weight excluding hydrogens is 544 g/mol. The summed E-state index contributed by atoms with van der Waals surface area (Å²) in [5, 5.41) is 20.3. The number of ether oxygens (including phenoxy) is 1. The van der Waals surface area contributed by atoms with Gasteiger partial charge in [0.15, 0.2) is 6.61 Å². The van der Waals surface area contributed by atoms with Gasteiger partial charge in [-0.15, -0.1) is 0 Å². The zero-order chi connectivity index (χ0) is 30.6. The van der Waals surface area contributed by atoms with Crippen LogP contribution in [-0.2, 0) is 22.4 Å². The number of para-hydroxylation sites is 1. The summed E-state index contributed by atoms with van der Waals surface area (Å²) >= 11 is 0. The van der Waals surface area contributed by atoms with Crippen LogP contribution in [0, 0.1) is 13.8 Å². The summed E-state index contributed by atoms with van der Waals surface area (Å²) in [7, 11) is 0. The van der Waals surface area contributed by atoms with E-state index in [1.165, 1.54) is 4.90 Å². The van der Waals surface area contributed by atoms with Gasteiger partial charge >= 0.3 is 6.03 Å². The number of nitrogens with zero attached hydrogens (tertiary/aromatic N) is 1. The molecule has 0 radical (unpaired) electrons. The van der Waals surface area contributed by atoms with Crippen molar-refractivity contribution in [2.45, 2.75) is 57.7 Å². The first kappa shape index (κ1) is 31.6. The van der Waals surface area contributed by atoms with Gasteiger partial charge in [0.2, 0.25) is 5.91 Å². The number of carbonyl (C=O) groups excluding carboxylic acids is 3. The van der Waals surface area contributed by atoms with Crippen molar-refractivity contribution >= 4 is 17.8 Å². The smallest absolute Gasteiger partial charge is 0.317 e. The monoisotopic (exact) mass is 586 g/mol. The number of nitrogens with one attached hydrogen (secondary N) is 3. The third-order valence-corrected chi connectivity index (χ3v) is 7.58. The predicted molar refractivity (Wildman–Crippen MR) is 166 cm³/mol. The van der Waals surface area contributed by atoms with Crippen LogP contribution in [0.5, 0.6) is 5.75 Å². The highest BCUT2D eigenvalue weighted by Gasteiger charge is 2.28. The Labute approximate surface area is 253 Å². The molecule has 9 heteroatoms. The molecule has 0 aromatic heterocycles. The van der Waals surface area contributed by atoms with Gasteiger partial charge in [-0.3, -0.25) is 9.59 Å². The Morgan fingerprint density at radius 1 is 0.884 bits per heavy atom. The molecule has 0 aliphatic carbocycles. The molecule has 0 bridgehead atoms. The van der Waals surface area contributed by atoms with E-state index in [0.717, 1.165) is 28.7 Å². The number of urea groups is 1. The summed E-state index contributed by atoms with van der Waals surface area (Å²) < 4.78 is 5.87. The standard InChI is InChI=1S/C34H42N4O5/c1-24-11-9-12-25(2)33(24)43-23-32(41)37-29(20-27-15-7-4-8-16-27)30(39)21-28(19-26-13-5-3-6-14-26)36-31(40)22-38-18-10-17-35-34(38)42/h3-9,11-16,28-30,39H,10,17-23H2,1-2H3,(H,35,42)(H,36,40)(H,37,41). The maximum atomic E-state index is 13.1. The van der Waals surface area contributed by atoms with Gasteiger partial charge in [-0.1, -0.05) is 78.9 Å². The van der Waals surface area contributed by atoms with Gasteiger partial charge < -0.3 is 30.7 Å². The van der Waals surface area contributed by atoms with E-state index in [0.29, 0.717) is 31.7 Å². The van der Waals surface area contributed by atoms with Crippen LogP contribution in [-0.4, -0.2) is 72.3 Å². The summed E-state index contributed by atoms with van der Waals surface area (Å²) in [5.41, 5.74) is 3.84. The summed E-state index contributed by atoms with van der Waals surface area (Å²) in [6.07, 6.45) is 0.882. The lowest BCUT2D eigenvalue weighted by atomic mass is 9.93. The van der Waals surface area contributed by atoms with E-state index in [1.54, 1.807) is 0 Å². The minimum atomic E-state index is -0.975. The lowest BCUT2D eigenvalue weighted by molar-refractivity contribution is -0.125. The van der Waals surface area contributed by atoms with Crippen LogP contribution in [0.1, 0.15) is 35.1 Å².